The average molecular weight is 212 g/mol. The van der Waals surface area contributed by atoms with Gasteiger partial charge in [0.1, 0.15) is 0 Å². The maximum Gasteiger partial charge on any atom is 0.221 e. The second kappa shape index (κ2) is 4.94. The lowest BCUT2D eigenvalue weighted by atomic mass is 10.1. The Hall–Kier alpha value is -0.610. The van der Waals surface area contributed by atoms with E-state index in [-0.39, 0.29) is 12.5 Å². The molecule has 2 heterocycles. The van der Waals surface area contributed by atoms with E-state index in [0.717, 1.165) is 38.8 Å². The Morgan fingerprint density at radius 1 is 1.40 bits per heavy atom. The van der Waals surface area contributed by atoms with Gasteiger partial charge >= 0.3 is 0 Å². The predicted octanol–water partition coefficient (Wildman–Crippen LogP) is 0.112. The van der Waals surface area contributed by atoms with Crippen LogP contribution in [0.2, 0.25) is 0 Å². The van der Waals surface area contributed by atoms with Gasteiger partial charge in [-0.2, -0.15) is 0 Å². The van der Waals surface area contributed by atoms with Crippen LogP contribution in [-0.2, 0) is 4.79 Å². The van der Waals surface area contributed by atoms with Crippen LogP contribution in [0.25, 0.3) is 0 Å². The maximum atomic E-state index is 11.4. The highest BCUT2D eigenvalue weighted by molar-refractivity contribution is 5.76. The van der Waals surface area contributed by atoms with Crippen LogP contribution >= 0.6 is 0 Å². The highest BCUT2D eigenvalue weighted by Crippen LogP contribution is 2.24. The van der Waals surface area contributed by atoms with Crippen molar-refractivity contribution in [3.8, 4) is 0 Å². The quantitative estimate of drug-likeness (QED) is 0.683. The van der Waals surface area contributed by atoms with Crippen LogP contribution in [0.5, 0.6) is 0 Å². The number of carbonyl (C=O) groups is 1. The van der Waals surface area contributed by atoms with Crippen LogP contribution in [0.1, 0.15) is 32.1 Å². The van der Waals surface area contributed by atoms with Crippen LogP contribution in [0.4, 0.5) is 0 Å². The van der Waals surface area contributed by atoms with Gasteiger partial charge in [0.15, 0.2) is 0 Å². The molecule has 0 saturated carbocycles. The Morgan fingerprint density at radius 2 is 2.27 bits per heavy atom. The normalized spacial score (nSPS) is 33.8. The summed E-state index contributed by atoms with van der Waals surface area (Å²) in [7, 11) is 0. The fraction of sp³-hybridized carbons (Fsp3) is 0.909. The topological polar surface area (TPSA) is 52.6 Å². The van der Waals surface area contributed by atoms with Crippen molar-refractivity contribution in [2.45, 2.75) is 44.2 Å². The predicted molar refractivity (Wildman–Crippen MR) is 57.5 cm³/mol. The Balaban J connectivity index is 1.98. The summed E-state index contributed by atoms with van der Waals surface area (Å²) in [6.07, 6.45) is 4.98. The van der Waals surface area contributed by atoms with Gasteiger partial charge in [0.2, 0.25) is 5.91 Å². The van der Waals surface area contributed by atoms with Gasteiger partial charge in [0, 0.05) is 25.0 Å². The minimum Gasteiger partial charge on any atom is -0.395 e. The number of rotatable bonds is 2. The molecule has 4 nitrogen and oxygen atoms in total. The Bertz CT molecular complexity index is 233. The zero-order valence-corrected chi connectivity index (χ0v) is 9.11. The summed E-state index contributed by atoms with van der Waals surface area (Å²) in [6.45, 7) is 2.09. The van der Waals surface area contributed by atoms with E-state index in [4.69, 9.17) is 0 Å². The highest BCUT2D eigenvalue weighted by atomic mass is 16.3. The summed E-state index contributed by atoms with van der Waals surface area (Å²) in [5.41, 5.74) is 0. The first-order valence-electron chi connectivity index (χ1n) is 5.94. The van der Waals surface area contributed by atoms with E-state index in [9.17, 15) is 9.90 Å². The van der Waals surface area contributed by atoms with Crippen molar-refractivity contribution in [2.24, 2.45) is 0 Å². The summed E-state index contributed by atoms with van der Waals surface area (Å²) in [6, 6.07) is 0.646. The van der Waals surface area contributed by atoms with Gasteiger partial charge in [-0.15, -0.1) is 0 Å². The largest absolute Gasteiger partial charge is 0.395 e. The van der Waals surface area contributed by atoms with Gasteiger partial charge in [-0.05, 0) is 32.2 Å². The molecule has 0 aromatic rings. The van der Waals surface area contributed by atoms with Crippen LogP contribution in [0.15, 0.2) is 0 Å². The molecule has 0 radical (unpaired) electrons. The van der Waals surface area contributed by atoms with Gasteiger partial charge in [0.05, 0.1) is 6.61 Å². The highest BCUT2D eigenvalue weighted by Gasteiger charge is 2.31. The lowest BCUT2D eigenvalue weighted by Crippen LogP contribution is -2.42. The number of nitrogens with zero attached hydrogens (tertiary/aromatic N) is 1. The zero-order chi connectivity index (χ0) is 10.7. The van der Waals surface area contributed by atoms with Crippen molar-refractivity contribution in [3.05, 3.63) is 0 Å². The van der Waals surface area contributed by atoms with Crippen LogP contribution in [0, 0.1) is 0 Å². The number of carbonyl (C=O) groups excluding carboxylic acids is 1. The first-order valence-corrected chi connectivity index (χ1v) is 5.94. The molecule has 0 aromatic carbocycles. The molecule has 15 heavy (non-hydrogen) atoms. The third-order valence-corrected chi connectivity index (χ3v) is 3.56. The number of hydrogen-bond donors (Lipinski definition) is 2. The van der Waals surface area contributed by atoms with E-state index in [1.807, 2.05) is 0 Å². The standard InChI is InChI=1S/C11H20N2O2/c14-8-10-4-2-6-13(10)9-3-1-5-12-11(15)7-9/h9-10,14H,1-8H2,(H,12,15). The van der Waals surface area contributed by atoms with E-state index in [1.54, 1.807) is 0 Å². The summed E-state index contributed by atoms with van der Waals surface area (Å²) in [5, 5.41) is 12.2. The van der Waals surface area contributed by atoms with E-state index in [2.05, 4.69) is 10.2 Å². The molecule has 2 aliphatic heterocycles. The number of aliphatic hydroxyl groups is 1. The molecular formula is C11H20N2O2. The van der Waals surface area contributed by atoms with Crippen molar-refractivity contribution in [1.29, 1.82) is 0 Å². The minimum atomic E-state index is 0.168. The number of likely N-dealkylation sites (tertiary alicyclic amines) is 1. The molecule has 2 N–H and O–H groups in total. The summed E-state index contributed by atoms with van der Waals surface area (Å²) < 4.78 is 0. The summed E-state index contributed by atoms with van der Waals surface area (Å²) in [5.74, 6) is 0.168. The van der Waals surface area contributed by atoms with Crippen molar-refractivity contribution in [3.63, 3.8) is 0 Å². The average Bonchev–Trinajstić information content (AvgIpc) is 2.61. The minimum absolute atomic E-state index is 0.168. The third kappa shape index (κ3) is 2.49. The Labute approximate surface area is 90.6 Å². The molecule has 4 heteroatoms. The molecule has 0 spiro atoms. The van der Waals surface area contributed by atoms with Crippen molar-refractivity contribution >= 4 is 5.91 Å². The fourth-order valence-electron chi connectivity index (χ4n) is 2.77. The third-order valence-electron chi connectivity index (χ3n) is 3.56. The van der Waals surface area contributed by atoms with Crippen LogP contribution < -0.4 is 5.32 Å². The lowest BCUT2D eigenvalue weighted by Gasteiger charge is -2.30. The van der Waals surface area contributed by atoms with Crippen LogP contribution in [-0.4, -0.2) is 47.7 Å². The second-order valence-electron chi connectivity index (χ2n) is 4.57. The number of aliphatic hydroxyl groups excluding tert-OH is 1. The number of nitrogens with one attached hydrogen (secondary N) is 1. The molecule has 0 aliphatic carbocycles. The molecule has 0 aromatic heterocycles. The molecule has 2 saturated heterocycles. The monoisotopic (exact) mass is 212 g/mol. The first kappa shape index (κ1) is 10.9. The fourth-order valence-corrected chi connectivity index (χ4v) is 2.77. The zero-order valence-electron chi connectivity index (χ0n) is 9.11. The molecule has 1 amide bonds. The SMILES string of the molecule is O=C1CC(N2CCCC2CO)CCCN1. The molecule has 2 atom stereocenters. The molecular weight excluding hydrogens is 192 g/mol. The number of hydrogen-bond acceptors (Lipinski definition) is 3. The number of amides is 1. The van der Waals surface area contributed by atoms with E-state index in [0.29, 0.717) is 18.5 Å². The first-order chi connectivity index (χ1) is 7.31. The maximum absolute atomic E-state index is 11.4. The molecule has 0 bridgehead atoms. The van der Waals surface area contributed by atoms with E-state index in [1.165, 1.54) is 0 Å². The van der Waals surface area contributed by atoms with Gasteiger partial charge in [-0.3, -0.25) is 9.69 Å². The Morgan fingerprint density at radius 3 is 3.07 bits per heavy atom. The van der Waals surface area contributed by atoms with Gasteiger partial charge in [-0.1, -0.05) is 0 Å². The molecule has 2 fully saturated rings. The van der Waals surface area contributed by atoms with Crippen molar-refractivity contribution in [2.75, 3.05) is 19.7 Å². The lowest BCUT2D eigenvalue weighted by molar-refractivity contribution is -0.121. The molecule has 2 unspecified atom stereocenters. The van der Waals surface area contributed by atoms with Crippen molar-refractivity contribution < 1.29 is 9.90 Å². The van der Waals surface area contributed by atoms with Crippen LogP contribution in [0.3, 0.4) is 0 Å². The van der Waals surface area contributed by atoms with Gasteiger partial charge in [0.25, 0.3) is 0 Å². The van der Waals surface area contributed by atoms with Crippen molar-refractivity contribution in [1.82, 2.24) is 10.2 Å². The van der Waals surface area contributed by atoms with Gasteiger partial charge < -0.3 is 10.4 Å². The second-order valence-corrected chi connectivity index (χ2v) is 4.57. The summed E-state index contributed by atoms with van der Waals surface area (Å²) in [4.78, 5) is 13.8. The summed E-state index contributed by atoms with van der Waals surface area (Å²) >= 11 is 0. The smallest absolute Gasteiger partial charge is 0.221 e. The molecule has 2 rings (SSSR count). The molecule has 86 valence electrons. The molecule has 2 aliphatic rings. The van der Waals surface area contributed by atoms with E-state index < -0.39 is 0 Å². The van der Waals surface area contributed by atoms with E-state index >= 15 is 0 Å². The van der Waals surface area contributed by atoms with Gasteiger partial charge in [-0.25, -0.2) is 0 Å². The Kier molecular flexibility index (Phi) is 3.59.